The number of nitrogens with zero attached hydrogens (tertiary/aromatic N) is 1. The minimum Gasteiger partial charge on any atom is -0.258 e. The first kappa shape index (κ1) is 11.4. The van der Waals surface area contributed by atoms with Crippen molar-refractivity contribution in [2.75, 3.05) is 0 Å². The molecule has 1 unspecified atom stereocenters. The van der Waals surface area contributed by atoms with E-state index in [4.69, 9.17) is 0 Å². The molecular formula is C12H15NO2. The van der Waals surface area contributed by atoms with Gasteiger partial charge in [0.05, 0.1) is 4.92 Å². The predicted molar refractivity (Wildman–Crippen MR) is 60.9 cm³/mol. The van der Waals surface area contributed by atoms with E-state index >= 15 is 0 Å². The summed E-state index contributed by atoms with van der Waals surface area (Å²) in [5, 5.41) is 10.5. The second-order valence-electron chi connectivity index (χ2n) is 3.48. The Bertz CT molecular complexity index is 343. The van der Waals surface area contributed by atoms with Gasteiger partial charge in [0, 0.05) is 12.1 Å². The topological polar surface area (TPSA) is 43.1 Å². The van der Waals surface area contributed by atoms with Gasteiger partial charge in [-0.2, -0.15) is 0 Å². The van der Waals surface area contributed by atoms with Gasteiger partial charge < -0.3 is 0 Å². The number of hydrogen-bond acceptors (Lipinski definition) is 2. The first-order valence-electron chi connectivity index (χ1n) is 5.04. The van der Waals surface area contributed by atoms with E-state index in [2.05, 4.69) is 13.5 Å². The van der Waals surface area contributed by atoms with Crippen molar-refractivity contribution in [2.24, 2.45) is 0 Å². The highest BCUT2D eigenvalue weighted by atomic mass is 16.6. The highest BCUT2D eigenvalue weighted by Crippen LogP contribution is 2.25. The summed E-state index contributed by atoms with van der Waals surface area (Å²) < 4.78 is 0. The normalized spacial score (nSPS) is 12.1. The van der Waals surface area contributed by atoms with E-state index in [0.29, 0.717) is 5.92 Å². The summed E-state index contributed by atoms with van der Waals surface area (Å²) in [4.78, 5) is 10.1. The molecule has 15 heavy (non-hydrogen) atoms. The fourth-order valence-electron chi connectivity index (χ4n) is 1.61. The summed E-state index contributed by atoms with van der Waals surface area (Å²) in [6, 6.07) is 6.77. The van der Waals surface area contributed by atoms with E-state index in [1.165, 1.54) is 0 Å². The molecule has 0 aliphatic rings. The molecule has 0 bridgehead atoms. The van der Waals surface area contributed by atoms with Crippen LogP contribution in [0.2, 0.25) is 0 Å². The van der Waals surface area contributed by atoms with Gasteiger partial charge in [-0.1, -0.05) is 25.1 Å². The lowest BCUT2D eigenvalue weighted by Crippen LogP contribution is -1.96. The second-order valence-corrected chi connectivity index (χ2v) is 3.48. The van der Waals surface area contributed by atoms with Crippen molar-refractivity contribution >= 4 is 5.69 Å². The van der Waals surface area contributed by atoms with Gasteiger partial charge in [0.15, 0.2) is 0 Å². The number of nitro benzene ring substituents is 1. The molecule has 0 radical (unpaired) electrons. The van der Waals surface area contributed by atoms with Crippen LogP contribution in [-0.2, 0) is 0 Å². The fourth-order valence-corrected chi connectivity index (χ4v) is 1.61. The van der Waals surface area contributed by atoms with Crippen LogP contribution in [0.4, 0.5) is 5.69 Å². The Labute approximate surface area is 89.6 Å². The highest BCUT2D eigenvalue weighted by molar-refractivity contribution is 5.34. The number of nitro groups is 1. The molecular weight excluding hydrogens is 190 g/mol. The molecule has 0 heterocycles. The lowest BCUT2D eigenvalue weighted by atomic mass is 9.93. The molecule has 0 N–H and O–H groups in total. The van der Waals surface area contributed by atoms with Gasteiger partial charge in [-0.3, -0.25) is 10.1 Å². The summed E-state index contributed by atoms with van der Waals surface area (Å²) in [6.45, 7) is 5.82. The molecule has 1 rings (SSSR count). The maximum absolute atomic E-state index is 10.5. The highest BCUT2D eigenvalue weighted by Gasteiger charge is 2.09. The van der Waals surface area contributed by atoms with E-state index in [1.807, 2.05) is 18.2 Å². The van der Waals surface area contributed by atoms with Gasteiger partial charge in [-0.15, -0.1) is 6.58 Å². The fraction of sp³-hybridized carbons (Fsp3) is 0.333. The van der Waals surface area contributed by atoms with E-state index in [-0.39, 0.29) is 10.6 Å². The smallest absolute Gasteiger partial charge is 0.258 e. The van der Waals surface area contributed by atoms with Gasteiger partial charge in [0.1, 0.15) is 0 Å². The van der Waals surface area contributed by atoms with Crippen LogP contribution >= 0.6 is 0 Å². The quantitative estimate of drug-likeness (QED) is 0.418. The van der Waals surface area contributed by atoms with Gasteiger partial charge in [-0.05, 0) is 24.3 Å². The summed E-state index contributed by atoms with van der Waals surface area (Å²) in [5.41, 5.74) is 1.29. The molecule has 1 atom stereocenters. The zero-order valence-corrected chi connectivity index (χ0v) is 8.85. The van der Waals surface area contributed by atoms with Crippen LogP contribution in [0.1, 0.15) is 31.2 Å². The van der Waals surface area contributed by atoms with Crippen molar-refractivity contribution in [2.45, 2.75) is 25.7 Å². The zero-order chi connectivity index (χ0) is 11.3. The summed E-state index contributed by atoms with van der Waals surface area (Å²) in [7, 11) is 0. The minimum atomic E-state index is -0.377. The van der Waals surface area contributed by atoms with Crippen LogP contribution in [0.25, 0.3) is 0 Å². The average molecular weight is 205 g/mol. The molecule has 1 aromatic carbocycles. The standard InChI is InChI=1S/C12H15NO2/c1-3-5-10(4-2)11-6-8-12(9-7-11)13(14)15/h3,6-10H,1,4-5H2,2H3. The van der Waals surface area contributed by atoms with E-state index in [0.717, 1.165) is 18.4 Å². The van der Waals surface area contributed by atoms with E-state index < -0.39 is 0 Å². The molecule has 80 valence electrons. The molecule has 0 fully saturated rings. The Hall–Kier alpha value is -1.64. The Kier molecular flexibility index (Phi) is 4.03. The van der Waals surface area contributed by atoms with Crippen LogP contribution in [0.15, 0.2) is 36.9 Å². The SMILES string of the molecule is C=CCC(CC)c1ccc([N+](=O)[O-])cc1. The van der Waals surface area contributed by atoms with Crippen molar-refractivity contribution in [3.05, 3.63) is 52.6 Å². The lowest BCUT2D eigenvalue weighted by Gasteiger charge is -2.12. The van der Waals surface area contributed by atoms with E-state index in [1.54, 1.807) is 12.1 Å². The van der Waals surface area contributed by atoms with Gasteiger partial charge in [0.2, 0.25) is 0 Å². The number of hydrogen-bond donors (Lipinski definition) is 0. The van der Waals surface area contributed by atoms with Crippen LogP contribution in [0, 0.1) is 10.1 Å². The third-order valence-corrected chi connectivity index (χ3v) is 2.52. The summed E-state index contributed by atoms with van der Waals surface area (Å²) in [5.74, 6) is 0.420. The monoisotopic (exact) mass is 205 g/mol. The minimum absolute atomic E-state index is 0.146. The number of benzene rings is 1. The molecule has 0 aliphatic carbocycles. The molecule has 1 aromatic rings. The number of rotatable bonds is 5. The largest absolute Gasteiger partial charge is 0.269 e. The third kappa shape index (κ3) is 2.91. The Balaban J connectivity index is 2.86. The summed E-state index contributed by atoms with van der Waals surface area (Å²) in [6.07, 6.45) is 3.81. The lowest BCUT2D eigenvalue weighted by molar-refractivity contribution is -0.384. The number of allylic oxidation sites excluding steroid dienone is 1. The molecule has 0 saturated heterocycles. The second kappa shape index (κ2) is 5.29. The molecule has 0 aliphatic heterocycles. The number of non-ortho nitro benzene ring substituents is 1. The Morgan fingerprint density at radius 2 is 2.07 bits per heavy atom. The van der Waals surface area contributed by atoms with Crippen molar-refractivity contribution < 1.29 is 4.92 Å². The van der Waals surface area contributed by atoms with Gasteiger partial charge in [-0.25, -0.2) is 0 Å². The molecule has 0 spiro atoms. The zero-order valence-electron chi connectivity index (χ0n) is 8.85. The van der Waals surface area contributed by atoms with Crippen molar-refractivity contribution in [3.8, 4) is 0 Å². The van der Waals surface area contributed by atoms with Crippen LogP contribution in [0.3, 0.4) is 0 Å². The third-order valence-electron chi connectivity index (χ3n) is 2.52. The van der Waals surface area contributed by atoms with E-state index in [9.17, 15) is 10.1 Å². The molecule has 0 saturated carbocycles. The van der Waals surface area contributed by atoms with Crippen molar-refractivity contribution in [1.82, 2.24) is 0 Å². The Morgan fingerprint density at radius 3 is 2.47 bits per heavy atom. The van der Waals surface area contributed by atoms with Crippen LogP contribution < -0.4 is 0 Å². The molecule has 0 aromatic heterocycles. The summed E-state index contributed by atoms with van der Waals surface area (Å²) >= 11 is 0. The molecule has 3 nitrogen and oxygen atoms in total. The molecule has 3 heteroatoms. The van der Waals surface area contributed by atoms with Crippen LogP contribution in [0.5, 0.6) is 0 Å². The average Bonchev–Trinajstić information content (AvgIpc) is 2.26. The maximum atomic E-state index is 10.5. The maximum Gasteiger partial charge on any atom is 0.269 e. The van der Waals surface area contributed by atoms with Crippen molar-refractivity contribution in [1.29, 1.82) is 0 Å². The van der Waals surface area contributed by atoms with Crippen LogP contribution in [-0.4, -0.2) is 4.92 Å². The Morgan fingerprint density at radius 1 is 1.47 bits per heavy atom. The van der Waals surface area contributed by atoms with Gasteiger partial charge in [0.25, 0.3) is 5.69 Å². The predicted octanol–water partition coefficient (Wildman–Crippen LogP) is 3.66. The first-order valence-corrected chi connectivity index (χ1v) is 5.04. The van der Waals surface area contributed by atoms with Gasteiger partial charge >= 0.3 is 0 Å². The first-order chi connectivity index (χ1) is 7.19. The van der Waals surface area contributed by atoms with Crippen molar-refractivity contribution in [3.63, 3.8) is 0 Å². The molecule has 0 amide bonds.